The molecule has 5 heteroatoms. The summed E-state index contributed by atoms with van der Waals surface area (Å²) in [5.74, 6) is 0.827. The van der Waals surface area contributed by atoms with E-state index in [1.165, 1.54) is 0 Å². The van der Waals surface area contributed by atoms with E-state index < -0.39 is 5.60 Å². The van der Waals surface area contributed by atoms with Crippen molar-refractivity contribution in [1.29, 1.82) is 0 Å². The van der Waals surface area contributed by atoms with Gasteiger partial charge in [-0.15, -0.1) is 0 Å². The molecule has 4 rings (SSSR count). The SMILES string of the molecule is CC(C)(O)CCC(=O)c1cccc(CCC(=O)c2ccc3c(c2)COc2cnccc2-3)c1. The van der Waals surface area contributed by atoms with Gasteiger partial charge in [-0.25, -0.2) is 0 Å². The third-order valence-corrected chi connectivity index (χ3v) is 5.74. The lowest BCUT2D eigenvalue weighted by atomic mass is 9.93. The number of Topliss-reactive ketones (excluding diaryl/α,β-unsaturated/α-hetero) is 2. The third-order valence-electron chi connectivity index (χ3n) is 5.74. The molecule has 0 aliphatic carbocycles. The molecule has 0 saturated heterocycles. The number of carbonyl (C=O) groups excluding carboxylic acids is 2. The van der Waals surface area contributed by atoms with E-state index in [9.17, 15) is 14.7 Å². The number of aryl methyl sites for hydroxylation is 1. The number of aromatic nitrogens is 1. The molecule has 2 aromatic carbocycles. The number of ether oxygens (including phenoxy) is 1. The predicted octanol–water partition coefficient (Wildman–Crippen LogP) is 5.19. The maximum atomic E-state index is 12.8. The Morgan fingerprint density at radius 3 is 2.59 bits per heavy atom. The smallest absolute Gasteiger partial charge is 0.163 e. The highest BCUT2D eigenvalue weighted by Gasteiger charge is 2.19. The molecular weight excluding hydrogens is 402 g/mol. The molecule has 3 aromatic rings. The number of aliphatic hydroxyl groups is 1. The second-order valence-electron chi connectivity index (χ2n) is 8.89. The number of hydrogen-bond donors (Lipinski definition) is 1. The molecule has 0 radical (unpaired) electrons. The molecule has 0 fully saturated rings. The second kappa shape index (κ2) is 9.05. The first kappa shape index (κ1) is 21.9. The molecule has 2 heterocycles. The molecule has 32 heavy (non-hydrogen) atoms. The van der Waals surface area contributed by atoms with Gasteiger partial charge in [0, 0.05) is 35.7 Å². The van der Waals surface area contributed by atoms with Crippen LogP contribution in [-0.2, 0) is 13.0 Å². The Kier molecular flexibility index (Phi) is 6.19. The topological polar surface area (TPSA) is 76.5 Å². The average Bonchev–Trinajstić information content (AvgIpc) is 2.80. The second-order valence-corrected chi connectivity index (χ2v) is 8.89. The number of ketones is 2. The molecule has 1 N–H and O–H groups in total. The highest BCUT2D eigenvalue weighted by molar-refractivity contribution is 5.98. The normalized spacial score (nSPS) is 12.5. The number of hydrogen-bond acceptors (Lipinski definition) is 5. The van der Waals surface area contributed by atoms with Gasteiger partial charge in [-0.3, -0.25) is 14.6 Å². The Morgan fingerprint density at radius 2 is 1.78 bits per heavy atom. The minimum absolute atomic E-state index is 0.00506. The van der Waals surface area contributed by atoms with Crippen LogP contribution in [0.4, 0.5) is 0 Å². The molecule has 1 aliphatic heterocycles. The molecule has 5 nitrogen and oxygen atoms in total. The molecule has 0 atom stereocenters. The maximum absolute atomic E-state index is 12.8. The van der Waals surface area contributed by atoms with Gasteiger partial charge in [0.1, 0.15) is 12.4 Å². The zero-order valence-electron chi connectivity index (χ0n) is 18.4. The average molecular weight is 430 g/mol. The van der Waals surface area contributed by atoms with Crippen LogP contribution in [0.3, 0.4) is 0 Å². The summed E-state index contributed by atoms with van der Waals surface area (Å²) >= 11 is 0. The van der Waals surface area contributed by atoms with Gasteiger partial charge < -0.3 is 9.84 Å². The highest BCUT2D eigenvalue weighted by atomic mass is 16.5. The van der Waals surface area contributed by atoms with Crippen LogP contribution in [0, 0.1) is 0 Å². The van der Waals surface area contributed by atoms with E-state index in [-0.39, 0.29) is 11.6 Å². The van der Waals surface area contributed by atoms with Gasteiger partial charge in [0.2, 0.25) is 0 Å². The fourth-order valence-corrected chi connectivity index (χ4v) is 3.89. The van der Waals surface area contributed by atoms with Gasteiger partial charge in [-0.05, 0) is 61.6 Å². The predicted molar refractivity (Wildman–Crippen MR) is 123 cm³/mol. The third kappa shape index (κ3) is 5.11. The van der Waals surface area contributed by atoms with E-state index in [0.29, 0.717) is 43.4 Å². The van der Waals surface area contributed by atoms with Crippen molar-refractivity contribution in [2.24, 2.45) is 0 Å². The van der Waals surface area contributed by atoms with Crippen molar-refractivity contribution < 1.29 is 19.4 Å². The van der Waals surface area contributed by atoms with Crippen LogP contribution in [0.5, 0.6) is 5.75 Å². The minimum atomic E-state index is -0.863. The van der Waals surface area contributed by atoms with Crippen LogP contribution in [0.15, 0.2) is 60.9 Å². The molecule has 0 bridgehead atoms. The number of rotatable bonds is 8. The van der Waals surface area contributed by atoms with E-state index in [1.807, 2.05) is 42.5 Å². The maximum Gasteiger partial charge on any atom is 0.163 e. The molecule has 0 spiro atoms. The fraction of sp³-hybridized carbons (Fsp3) is 0.296. The zero-order chi connectivity index (χ0) is 22.7. The summed E-state index contributed by atoms with van der Waals surface area (Å²) in [5.41, 5.74) is 4.44. The summed E-state index contributed by atoms with van der Waals surface area (Å²) in [7, 11) is 0. The van der Waals surface area contributed by atoms with Gasteiger partial charge in [0.25, 0.3) is 0 Å². The summed E-state index contributed by atoms with van der Waals surface area (Å²) in [5, 5.41) is 9.84. The van der Waals surface area contributed by atoms with Crippen LogP contribution >= 0.6 is 0 Å². The van der Waals surface area contributed by atoms with E-state index in [2.05, 4.69) is 4.98 Å². The Bertz CT molecular complexity index is 1160. The van der Waals surface area contributed by atoms with E-state index in [0.717, 1.165) is 28.0 Å². The van der Waals surface area contributed by atoms with E-state index in [1.54, 1.807) is 32.3 Å². The summed E-state index contributed by atoms with van der Waals surface area (Å²) in [6, 6.07) is 15.1. The van der Waals surface area contributed by atoms with Crippen molar-refractivity contribution in [2.45, 2.75) is 51.7 Å². The van der Waals surface area contributed by atoms with Crippen LogP contribution in [0.2, 0.25) is 0 Å². The monoisotopic (exact) mass is 429 g/mol. The molecule has 1 aromatic heterocycles. The summed E-state index contributed by atoms with van der Waals surface area (Å²) in [6.45, 7) is 3.82. The van der Waals surface area contributed by atoms with Gasteiger partial charge in [0.05, 0.1) is 11.8 Å². The van der Waals surface area contributed by atoms with Crippen molar-refractivity contribution in [1.82, 2.24) is 4.98 Å². The lowest BCUT2D eigenvalue weighted by Gasteiger charge is -2.20. The van der Waals surface area contributed by atoms with E-state index >= 15 is 0 Å². The highest BCUT2D eigenvalue weighted by Crippen LogP contribution is 2.37. The molecular formula is C27H27NO4. The van der Waals surface area contributed by atoms with Crippen LogP contribution in [0.1, 0.15) is 65.0 Å². The number of fused-ring (bicyclic) bond motifs is 3. The number of nitrogens with zero attached hydrogens (tertiary/aromatic N) is 1. The fourth-order valence-electron chi connectivity index (χ4n) is 3.89. The van der Waals surface area contributed by atoms with Gasteiger partial charge in [-0.2, -0.15) is 0 Å². The van der Waals surface area contributed by atoms with Crippen LogP contribution in [-0.4, -0.2) is 27.3 Å². The van der Waals surface area contributed by atoms with Crippen LogP contribution < -0.4 is 4.74 Å². The first-order chi connectivity index (χ1) is 15.3. The summed E-state index contributed by atoms with van der Waals surface area (Å²) in [6.07, 6.45) is 5.08. The Morgan fingerprint density at radius 1 is 1.00 bits per heavy atom. The Balaban J connectivity index is 1.41. The molecule has 164 valence electrons. The molecule has 0 amide bonds. The number of carbonyl (C=O) groups is 2. The van der Waals surface area contributed by atoms with Crippen LogP contribution in [0.25, 0.3) is 11.1 Å². The zero-order valence-corrected chi connectivity index (χ0v) is 18.4. The van der Waals surface area contributed by atoms with Gasteiger partial charge in [0.15, 0.2) is 11.6 Å². The van der Waals surface area contributed by atoms with Crippen molar-refractivity contribution in [2.75, 3.05) is 0 Å². The van der Waals surface area contributed by atoms with E-state index in [4.69, 9.17) is 4.74 Å². The summed E-state index contributed by atoms with van der Waals surface area (Å²) in [4.78, 5) is 29.4. The molecule has 0 unspecified atom stereocenters. The molecule has 1 aliphatic rings. The standard InChI is InChI=1S/C27H27NO4/c1-27(2,31)12-10-25(30)19-5-3-4-18(14-19)6-9-24(29)20-7-8-22-21(15-20)17-32-26-16-28-13-11-23(22)26/h3-5,7-8,11,13-16,31H,6,9-10,12,17H2,1-2H3. The lowest BCUT2D eigenvalue weighted by molar-refractivity contribution is 0.0633. The van der Waals surface area contributed by atoms with Crippen molar-refractivity contribution >= 4 is 11.6 Å². The van der Waals surface area contributed by atoms with Crippen molar-refractivity contribution in [3.8, 4) is 16.9 Å². The van der Waals surface area contributed by atoms with Gasteiger partial charge in [-0.1, -0.05) is 30.3 Å². The quantitative estimate of drug-likeness (QED) is 0.499. The molecule has 0 saturated carbocycles. The lowest BCUT2D eigenvalue weighted by Crippen LogP contribution is -2.19. The minimum Gasteiger partial charge on any atom is -0.487 e. The first-order valence-electron chi connectivity index (χ1n) is 10.9. The van der Waals surface area contributed by atoms with Gasteiger partial charge >= 0.3 is 0 Å². The first-order valence-corrected chi connectivity index (χ1v) is 10.9. The number of pyridine rings is 1. The Labute approximate surface area is 188 Å². The largest absolute Gasteiger partial charge is 0.487 e. The van der Waals surface area contributed by atoms with Crippen molar-refractivity contribution in [3.63, 3.8) is 0 Å². The summed E-state index contributed by atoms with van der Waals surface area (Å²) < 4.78 is 5.77. The van der Waals surface area contributed by atoms with Crippen molar-refractivity contribution in [3.05, 3.63) is 83.2 Å². The number of benzene rings is 2. The Hall–Kier alpha value is -3.31.